The SMILES string of the molecule is CCCCC(CC)N1[C@@H]2CC[C@H]1CC(n1c(=O)c(Cl)nc3ccccc31)C2. The lowest BCUT2D eigenvalue weighted by Crippen LogP contribution is -2.49. The molecule has 0 saturated carbocycles. The molecule has 2 saturated heterocycles. The van der Waals surface area contributed by atoms with Gasteiger partial charge < -0.3 is 4.57 Å². The van der Waals surface area contributed by atoms with Crippen LogP contribution in [0.15, 0.2) is 29.1 Å². The molecule has 4 atom stereocenters. The topological polar surface area (TPSA) is 38.1 Å². The normalized spacial score (nSPS) is 26.6. The molecule has 2 aliphatic heterocycles. The molecule has 0 spiro atoms. The number of nitrogens with zero attached hydrogens (tertiary/aromatic N) is 3. The predicted octanol–water partition coefficient (Wildman–Crippen LogP) is 5.19. The second-order valence-electron chi connectivity index (χ2n) is 8.23. The van der Waals surface area contributed by atoms with Gasteiger partial charge in [-0.15, -0.1) is 0 Å². The average Bonchev–Trinajstić information content (AvgIpc) is 2.93. The van der Waals surface area contributed by atoms with Gasteiger partial charge in [0.1, 0.15) is 0 Å². The van der Waals surface area contributed by atoms with Crippen molar-refractivity contribution in [2.45, 2.75) is 89.4 Å². The van der Waals surface area contributed by atoms with Gasteiger partial charge in [0.2, 0.25) is 0 Å². The highest BCUT2D eigenvalue weighted by Crippen LogP contribution is 2.43. The Hall–Kier alpha value is -1.39. The van der Waals surface area contributed by atoms with Crippen molar-refractivity contribution in [2.24, 2.45) is 0 Å². The highest BCUT2D eigenvalue weighted by atomic mass is 35.5. The summed E-state index contributed by atoms with van der Waals surface area (Å²) in [5.74, 6) is 0. The molecule has 2 aromatic rings. The number of unbranched alkanes of at least 4 members (excludes halogenated alkanes) is 1. The van der Waals surface area contributed by atoms with Crippen molar-refractivity contribution in [1.82, 2.24) is 14.5 Å². The molecule has 5 heteroatoms. The van der Waals surface area contributed by atoms with Gasteiger partial charge >= 0.3 is 0 Å². The minimum absolute atomic E-state index is 0.0952. The molecule has 0 aliphatic carbocycles. The Morgan fingerprint density at radius 2 is 1.85 bits per heavy atom. The van der Waals surface area contributed by atoms with Crippen LogP contribution in [0.5, 0.6) is 0 Å². The van der Waals surface area contributed by atoms with Crippen LogP contribution in [0.25, 0.3) is 11.0 Å². The van der Waals surface area contributed by atoms with Crippen molar-refractivity contribution in [3.8, 4) is 0 Å². The molecule has 2 fully saturated rings. The summed E-state index contributed by atoms with van der Waals surface area (Å²) in [5, 5.41) is 0.0952. The van der Waals surface area contributed by atoms with Crippen LogP contribution in [0.3, 0.4) is 0 Å². The second-order valence-corrected chi connectivity index (χ2v) is 8.59. The van der Waals surface area contributed by atoms with Crippen LogP contribution >= 0.6 is 11.6 Å². The van der Waals surface area contributed by atoms with Gasteiger partial charge in [-0.05, 0) is 50.7 Å². The smallest absolute Gasteiger partial charge is 0.288 e. The fourth-order valence-electron chi connectivity index (χ4n) is 5.48. The summed E-state index contributed by atoms with van der Waals surface area (Å²) in [6.07, 6.45) is 9.70. The predicted molar refractivity (Wildman–Crippen MR) is 112 cm³/mol. The van der Waals surface area contributed by atoms with E-state index in [0.717, 1.165) is 23.9 Å². The molecule has 2 unspecified atom stereocenters. The molecule has 3 heterocycles. The zero-order chi connectivity index (χ0) is 19.0. The lowest BCUT2D eigenvalue weighted by molar-refractivity contribution is 0.0551. The van der Waals surface area contributed by atoms with Crippen molar-refractivity contribution in [3.63, 3.8) is 0 Å². The molecular weight excluding hydrogens is 358 g/mol. The first-order chi connectivity index (χ1) is 13.1. The fourth-order valence-corrected chi connectivity index (χ4v) is 5.66. The zero-order valence-electron chi connectivity index (χ0n) is 16.4. The van der Waals surface area contributed by atoms with Gasteiger partial charge in [0, 0.05) is 24.2 Å². The first-order valence-electron chi connectivity index (χ1n) is 10.6. The van der Waals surface area contributed by atoms with Gasteiger partial charge in [0.25, 0.3) is 5.56 Å². The van der Waals surface area contributed by atoms with E-state index in [2.05, 4.69) is 23.7 Å². The van der Waals surface area contributed by atoms with Crippen LogP contribution in [0, 0.1) is 0 Å². The Bertz CT molecular complexity index is 850. The Kier molecular flexibility index (Phi) is 5.56. The maximum Gasteiger partial charge on any atom is 0.288 e. The molecule has 0 N–H and O–H groups in total. The van der Waals surface area contributed by atoms with Crippen molar-refractivity contribution in [2.75, 3.05) is 0 Å². The Balaban J connectivity index is 1.65. The number of aromatic nitrogens is 2. The first-order valence-corrected chi connectivity index (χ1v) is 11.0. The van der Waals surface area contributed by atoms with E-state index in [4.69, 9.17) is 11.6 Å². The highest BCUT2D eigenvalue weighted by molar-refractivity contribution is 6.29. The molecule has 1 aromatic heterocycles. The third kappa shape index (κ3) is 3.42. The lowest BCUT2D eigenvalue weighted by Gasteiger charge is -2.44. The summed E-state index contributed by atoms with van der Waals surface area (Å²) in [4.78, 5) is 20.0. The summed E-state index contributed by atoms with van der Waals surface area (Å²) >= 11 is 6.20. The minimum Gasteiger partial charge on any atom is -0.301 e. The summed E-state index contributed by atoms with van der Waals surface area (Å²) in [6.45, 7) is 4.60. The van der Waals surface area contributed by atoms with E-state index >= 15 is 0 Å². The van der Waals surface area contributed by atoms with Crippen molar-refractivity contribution in [3.05, 3.63) is 39.8 Å². The maximum atomic E-state index is 12.9. The van der Waals surface area contributed by atoms with E-state index in [1.807, 2.05) is 28.8 Å². The van der Waals surface area contributed by atoms with Gasteiger partial charge in [-0.2, -0.15) is 0 Å². The number of para-hydroxylation sites is 2. The van der Waals surface area contributed by atoms with Gasteiger partial charge in [0.15, 0.2) is 5.15 Å². The third-order valence-electron chi connectivity index (χ3n) is 6.67. The van der Waals surface area contributed by atoms with E-state index in [0.29, 0.717) is 18.1 Å². The number of piperidine rings is 1. The maximum absolute atomic E-state index is 12.9. The second kappa shape index (κ2) is 7.92. The number of fused-ring (bicyclic) bond motifs is 3. The van der Waals surface area contributed by atoms with E-state index in [9.17, 15) is 4.79 Å². The van der Waals surface area contributed by atoms with Gasteiger partial charge in [-0.3, -0.25) is 9.69 Å². The quantitative estimate of drug-likeness (QED) is 0.684. The number of rotatable bonds is 6. The van der Waals surface area contributed by atoms with Gasteiger partial charge in [-0.1, -0.05) is 50.4 Å². The average molecular weight is 388 g/mol. The molecule has 0 amide bonds. The van der Waals surface area contributed by atoms with E-state index < -0.39 is 0 Å². The van der Waals surface area contributed by atoms with Crippen LogP contribution in [0.4, 0.5) is 0 Å². The van der Waals surface area contributed by atoms with E-state index in [1.54, 1.807) is 0 Å². The zero-order valence-corrected chi connectivity index (χ0v) is 17.2. The first kappa shape index (κ1) is 18.9. The van der Waals surface area contributed by atoms with Crippen LogP contribution in [0.1, 0.15) is 71.3 Å². The molecule has 1 aromatic carbocycles. The van der Waals surface area contributed by atoms with Crippen LogP contribution in [-0.2, 0) is 0 Å². The molecule has 2 bridgehead atoms. The fraction of sp³-hybridized carbons (Fsp3) is 0.636. The summed E-state index contributed by atoms with van der Waals surface area (Å²) in [6, 6.07) is 9.98. The Morgan fingerprint density at radius 3 is 2.52 bits per heavy atom. The molecular formula is C22H30ClN3O. The van der Waals surface area contributed by atoms with Crippen LogP contribution < -0.4 is 5.56 Å². The summed E-state index contributed by atoms with van der Waals surface area (Å²) in [7, 11) is 0. The summed E-state index contributed by atoms with van der Waals surface area (Å²) < 4.78 is 1.94. The lowest BCUT2D eigenvalue weighted by atomic mass is 9.92. The minimum atomic E-state index is -0.133. The molecule has 146 valence electrons. The van der Waals surface area contributed by atoms with Crippen LogP contribution in [-0.4, -0.2) is 32.6 Å². The Morgan fingerprint density at radius 1 is 1.15 bits per heavy atom. The van der Waals surface area contributed by atoms with Crippen LogP contribution in [0.2, 0.25) is 5.15 Å². The number of hydrogen-bond donors (Lipinski definition) is 0. The molecule has 0 radical (unpaired) electrons. The highest BCUT2D eigenvalue weighted by Gasteiger charge is 2.44. The van der Waals surface area contributed by atoms with Gasteiger partial charge in [-0.25, -0.2) is 4.98 Å². The molecule has 4 nitrogen and oxygen atoms in total. The molecule has 4 rings (SSSR count). The number of benzene rings is 1. The monoisotopic (exact) mass is 387 g/mol. The number of hydrogen-bond acceptors (Lipinski definition) is 3. The number of halogens is 1. The van der Waals surface area contributed by atoms with Crippen molar-refractivity contribution >= 4 is 22.6 Å². The summed E-state index contributed by atoms with van der Waals surface area (Å²) in [5.41, 5.74) is 1.60. The van der Waals surface area contributed by atoms with E-state index in [-0.39, 0.29) is 16.8 Å². The standard InChI is InChI=1S/C22H30ClN3O/c1-3-5-8-15(4-2)25-16-11-12-17(25)14-18(13-16)26-20-10-7-6-9-19(20)24-21(23)22(26)27/h6-7,9-10,15-18H,3-5,8,11-14H2,1-2H3/t15?,16-,17+,18?. The van der Waals surface area contributed by atoms with Crippen molar-refractivity contribution in [1.29, 1.82) is 0 Å². The molecule has 27 heavy (non-hydrogen) atoms. The Labute approximate surface area is 166 Å². The van der Waals surface area contributed by atoms with Crippen molar-refractivity contribution < 1.29 is 0 Å². The third-order valence-corrected chi connectivity index (χ3v) is 6.91. The van der Waals surface area contributed by atoms with E-state index in [1.165, 1.54) is 38.5 Å². The molecule has 2 aliphatic rings. The van der Waals surface area contributed by atoms with Gasteiger partial charge in [0.05, 0.1) is 11.0 Å². The largest absolute Gasteiger partial charge is 0.301 e.